The fourth-order valence-corrected chi connectivity index (χ4v) is 2.73. The van der Waals surface area contributed by atoms with Gasteiger partial charge in [-0.1, -0.05) is 30.3 Å². The van der Waals surface area contributed by atoms with Gasteiger partial charge in [-0.2, -0.15) is 0 Å². The van der Waals surface area contributed by atoms with Crippen molar-refractivity contribution in [1.29, 1.82) is 0 Å². The third kappa shape index (κ3) is 3.49. The van der Waals surface area contributed by atoms with Crippen molar-refractivity contribution >= 4 is 39.8 Å². The maximum absolute atomic E-state index is 13.0. The molecule has 0 saturated heterocycles. The minimum absolute atomic E-state index is 0.181. The van der Waals surface area contributed by atoms with Crippen LogP contribution in [-0.4, -0.2) is 24.7 Å². The molecule has 0 saturated carbocycles. The second kappa shape index (κ2) is 7.36. The van der Waals surface area contributed by atoms with Gasteiger partial charge in [-0.25, -0.2) is 0 Å². The number of ether oxygens (including phenoxy) is 1. The van der Waals surface area contributed by atoms with Crippen molar-refractivity contribution < 1.29 is 14.3 Å². The number of rotatable bonds is 5. The van der Waals surface area contributed by atoms with Crippen LogP contribution in [0.1, 0.15) is 15.9 Å². The number of hydrogen-bond donors (Lipinski definition) is 1. The van der Waals surface area contributed by atoms with Gasteiger partial charge in [0.15, 0.2) is 5.78 Å². The van der Waals surface area contributed by atoms with E-state index in [0.717, 1.165) is 10.8 Å². The van der Waals surface area contributed by atoms with Gasteiger partial charge in [0.05, 0.1) is 12.8 Å². The second-order valence-corrected chi connectivity index (χ2v) is 5.72. The smallest absolute Gasteiger partial charge is 0.239 e. The molecular formula is C20H16ClNO3. The lowest BCUT2D eigenvalue weighted by Gasteiger charge is -2.13. The molecule has 0 aliphatic carbocycles. The molecule has 0 fully saturated rings. The predicted molar refractivity (Wildman–Crippen MR) is 99.7 cm³/mol. The molecule has 0 heterocycles. The number of hydrogen-bond acceptors (Lipinski definition) is 3. The van der Waals surface area contributed by atoms with Crippen LogP contribution in [0, 0.1) is 0 Å². The van der Waals surface area contributed by atoms with Crippen LogP contribution in [0.2, 0.25) is 0 Å². The van der Waals surface area contributed by atoms with Gasteiger partial charge in [-0.15, -0.1) is 11.6 Å². The first kappa shape index (κ1) is 17.0. The summed E-state index contributed by atoms with van der Waals surface area (Å²) in [6.07, 6.45) is 0. The molecule has 0 aliphatic heterocycles. The van der Waals surface area contributed by atoms with Crippen molar-refractivity contribution in [2.45, 2.75) is 0 Å². The van der Waals surface area contributed by atoms with E-state index in [2.05, 4.69) is 5.32 Å². The Morgan fingerprint density at radius 3 is 2.40 bits per heavy atom. The number of benzene rings is 3. The van der Waals surface area contributed by atoms with Gasteiger partial charge < -0.3 is 10.1 Å². The Bertz CT molecular complexity index is 935. The molecule has 3 aromatic rings. The number of alkyl halides is 1. The summed E-state index contributed by atoms with van der Waals surface area (Å²) < 4.78 is 5.12. The van der Waals surface area contributed by atoms with E-state index in [1.807, 2.05) is 30.3 Å². The number of anilines is 1. The summed E-state index contributed by atoms with van der Waals surface area (Å²) >= 11 is 5.62. The van der Waals surface area contributed by atoms with Crippen LogP contribution in [-0.2, 0) is 4.79 Å². The Balaban J connectivity index is 2.11. The van der Waals surface area contributed by atoms with E-state index in [0.29, 0.717) is 22.6 Å². The topological polar surface area (TPSA) is 55.4 Å². The quantitative estimate of drug-likeness (QED) is 0.551. The number of amides is 1. The van der Waals surface area contributed by atoms with E-state index < -0.39 is 0 Å². The first-order valence-electron chi connectivity index (χ1n) is 7.70. The van der Waals surface area contributed by atoms with Crippen LogP contribution in [0.5, 0.6) is 5.75 Å². The number of carbonyl (C=O) groups excluding carboxylic acids is 2. The van der Waals surface area contributed by atoms with Crippen LogP contribution >= 0.6 is 11.6 Å². The third-order valence-electron chi connectivity index (χ3n) is 3.91. The summed E-state index contributed by atoms with van der Waals surface area (Å²) in [5.41, 5.74) is 1.41. The molecule has 1 N–H and O–H groups in total. The lowest BCUT2D eigenvalue weighted by molar-refractivity contribution is -0.113. The molecule has 1 amide bonds. The fourth-order valence-electron chi connectivity index (χ4n) is 2.67. The standard InChI is InChI=1S/C20H16ClNO3/c1-25-15-9-6-14(7-10-15)20(24)17-11-8-13-4-2-3-5-16(13)19(17)22-18(23)12-21/h2-11H,12H2,1H3,(H,22,23). The van der Waals surface area contributed by atoms with E-state index in [9.17, 15) is 9.59 Å². The van der Waals surface area contributed by atoms with E-state index in [1.165, 1.54) is 0 Å². The minimum atomic E-state index is -0.359. The van der Waals surface area contributed by atoms with Gasteiger partial charge in [0.1, 0.15) is 11.6 Å². The number of nitrogens with one attached hydrogen (secondary N) is 1. The van der Waals surface area contributed by atoms with Gasteiger partial charge in [0.25, 0.3) is 0 Å². The van der Waals surface area contributed by atoms with Crippen LogP contribution in [0.25, 0.3) is 10.8 Å². The summed E-state index contributed by atoms with van der Waals surface area (Å²) in [6.45, 7) is 0. The van der Waals surface area contributed by atoms with Crippen LogP contribution in [0.3, 0.4) is 0 Å². The normalized spacial score (nSPS) is 10.5. The molecule has 0 aliphatic rings. The largest absolute Gasteiger partial charge is 0.497 e. The molecule has 0 aromatic heterocycles. The van der Waals surface area contributed by atoms with Crippen molar-refractivity contribution in [3.63, 3.8) is 0 Å². The maximum Gasteiger partial charge on any atom is 0.239 e. The van der Waals surface area contributed by atoms with E-state index in [4.69, 9.17) is 16.3 Å². The van der Waals surface area contributed by atoms with E-state index in [-0.39, 0.29) is 17.6 Å². The zero-order chi connectivity index (χ0) is 17.8. The van der Waals surface area contributed by atoms with Gasteiger partial charge >= 0.3 is 0 Å². The number of halogens is 1. The lowest BCUT2D eigenvalue weighted by Crippen LogP contribution is -2.16. The fraction of sp³-hybridized carbons (Fsp3) is 0.100. The van der Waals surface area contributed by atoms with Crippen molar-refractivity contribution in [3.05, 3.63) is 71.8 Å². The van der Waals surface area contributed by atoms with Crippen LogP contribution in [0.15, 0.2) is 60.7 Å². The summed E-state index contributed by atoms with van der Waals surface area (Å²) in [4.78, 5) is 24.8. The molecule has 126 valence electrons. The molecule has 0 bridgehead atoms. The number of ketones is 1. The molecule has 25 heavy (non-hydrogen) atoms. The van der Waals surface area contributed by atoms with Crippen LogP contribution in [0.4, 0.5) is 5.69 Å². The highest BCUT2D eigenvalue weighted by molar-refractivity contribution is 6.30. The molecule has 0 radical (unpaired) electrons. The first-order valence-corrected chi connectivity index (χ1v) is 8.24. The third-order valence-corrected chi connectivity index (χ3v) is 4.15. The average Bonchev–Trinajstić information content (AvgIpc) is 2.67. The van der Waals surface area contributed by atoms with Gasteiger partial charge in [-0.3, -0.25) is 9.59 Å². The molecule has 0 unspecified atom stereocenters. The SMILES string of the molecule is COc1ccc(C(=O)c2ccc3ccccc3c2NC(=O)CCl)cc1. The van der Waals surface area contributed by atoms with Crippen molar-refractivity contribution in [1.82, 2.24) is 0 Å². The van der Waals surface area contributed by atoms with Gasteiger partial charge in [-0.05, 0) is 35.7 Å². The molecule has 0 atom stereocenters. The Kier molecular flexibility index (Phi) is 5.00. The lowest BCUT2D eigenvalue weighted by atomic mass is 9.97. The minimum Gasteiger partial charge on any atom is -0.497 e. The predicted octanol–water partition coefficient (Wildman–Crippen LogP) is 4.26. The number of carbonyl (C=O) groups is 2. The molecule has 5 heteroatoms. The molecule has 4 nitrogen and oxygen atoms in total. The second-order valence-electron chi connectivity index (χ2n) is 5.45. The van der Waals surface area contributed by atoms with Crippen molar-refractivity contribution in [3.8, 4) is 5.75 Å². The summed E-state index contributed by atoms with van der Waals surface area (Å²) in [5.74, 6) is -0.0508. The summed E-state index contributed by atoms with van der Waals surface area (Å²) in [7, 11) is 1.57. The zero-order valence-corrected chi connectivity index (χ0v) is 14.3. The Morgan fingerprint density at radius 1 is 1.00 bits per heavy atom. The Labute approximate surface area is 150 Å². The molecule has 3 aromatic carbocycles. The zero-order valence-electron chi connectivity index (χ0n) is 13.6. The maximum atomic E-state index is 13.0. The van der Waals surface area contributed by atoms with E-state index >= 15 is 0 Å². The van der Waals surface area contributed by atoms with Crippen LogP contribution < -0.4 is 10.1 Å². The highest BCUT2D eigenvalue weighted by atomic mass is 35.5. The monoisotopic (exact) mass is 353 g/mol. The average molecular weight is 354 g/mol. The van der Waals surface area contributed by atoms with Crippen molar-refractivity contribution in [2.24, 2.45) is 0 Å². The molecular weight excluding hydrogens is 338 g/mol. The summed E-state index contributed by atoms with van der Waals surface area (Å²) in [5, 5.41) is 4.48. The van der Waals surface area contributed by atoms with E-state index in [1.54, 1.807) is 37.4 Å². The van der Waals surface area contributed by atoms with Gasteiger partial charge in [0, 0.05) is 16.5 Å². The van der Waals surface area contributed by atoms with Gasteiger partial charge in [0.2, 0.25) is 5.91 Å². The summed E-state index contributed by atoms with van der Waals surface area (Å²) in [6, 6.07) is 18.0. The molecule has 0 spiro atoms. The Hall–Kier alpha value is -2.85. The number of fused-ring (bicyclic) bond motifs is 1. The Morgan fingerprint density at radius 2 is 1.72 bits per heavy atom. The highest BCUT2D eigenvalue weighted by Gasteiger charge is 2.17. The highest BCUT2D eigenvalue weighted by Crippen LogP contribution is 2.30. The first-order chi connectivity index (χ1) is 12.1. The molecule has 3 rings (SSSR count). The number of methoxy groups -OCH3 is 1. The van der Waals surface area contributed by atoms with Crippen molar-refractivity contribution in [2.75, 3.05) is 18.3 Å².